The highest BCUT2D eigenvalue weighted by Crippen LogP contribution is 2.22. The van der Waals surface area contributed by atoms with E-state index >= 15 is 0 Å². The van der Waals surface area contributed by atoms with Crippen molar-refractivity contribution in [2.24, 2.45) is 0 Å². The van der Waals surface area contributed by atoms with Gasteiger partial charge in [-0.2, -0.15) is 0 Å². The van der Waals surface area contributed by atoms with Crippen molar-refractivity contribution in [3.05, 3.63) is 53.1 Å². The molecular weight excluding hydrogens is 308 g/mol. The molecule has 3 N–H and O–H groups in total. The van der Waals surface area contributed by atoms with Crippen molar-refractivity contribution in [3.8, 4) is 5.75 Å². The Balaban J connectivity index is 1.92. The first-order chi connectivity index (χ1) is 11.4. The predicted octanol–water partition coefficient (Wildman–Crippen LogP) is 2.69. The molecule has 0 radical (unpaired) electrons. The van der Waals surface area contributed by atoms with Gasteiger partial charge < -0.3 is 20.5 Å². The number of benzene rings is 2. The Bertz CT molecular complexity index is 772. The number of anilines is 2. The average Bonchev–Trinajstić information content (AvgIpc) is 2.56. The number of aryl methyl sites for hydroxylation is 2. The van der Waals surface area contributed by atoms with Crippen LogP contribution in [-0.2, 0) is 9.53 Å². The second-order valence-electron chi connectivity index (χ2n) is 5.38. The minimum atomic E-state index is -0.625. The second-order valence-corrected chi connectivity index (χ2v) is 5.38. The molecule has 0 aliphatic rings. The molecule has 0 unspecified atom stereocenters. The lowest BCUT2D eigenvalue weighted by Crippen LogP contribution is -2.21. The molecule has 24 heavy (non-hydrogen) atoms. The second kappa shape index (κ2) is 7.50. The molecule has 0 aliphatic carbocycles. The van der Waals surface area contributed by atoms with E-state index in [9.17, 15) is 9.59 Å². The van der Waals surface area contributed by atoms with Gasteiger partial charge in [-0.3, -0.25) is 4.79 Å². The highest BCUT2D eigenvalue weighted by Gasteiger charge is 2.12. The number of nitrogens with one attached hydrogen (secondary N) is 1. The van der Waals surface area contributed by atoms with Crippen LogP contribution >= 0.6 is 0 Å². The number of hydrogen-bond acceptors (Lipinski definition) is 5. The molecule has 6 heteroatoms. The van der Waals surface area contributed by atoms with E-state index in [1.165, 1.54) is 19.2 Å². The molecule has 0 saturated carbocycles. The van der Waals surface area contributed by atoms with E-state index in [2.05, 4.69) is 5.32 Å². The van der Waals surface area contributed by atoms with Crippen LogP contribution < -0.4 is 15.8 Å². The fourth-order valence-electron chi connectivity index (χ4n) is 2.09. The fourth-order valence-corrected chi connectivity index (χ4v) is 2.09. The minimum absolute atomic E-state index is 0.257. The molecule has 0 atom stereocenters. The number of carbonyl (C=O) groups excluding carboxylic acids is 2. The van der Waals surface area contributed by atoms with Gasteiger partial charge in [0.25, 0.3) is 5.91 Å². The molecule has 6 nitrogen and oxygen atoms in total. The first-order valence-corrected chi connectivity index (χ1v) is 7.38. The van der Waals surface area contributed by atoms with Crippen LogP contribution in [0.4, 0.5) is 11.4 Å². The summed E-state index contributed by atoms with van der Waals surface area (Å²) in [5.41, 5.74) is 9.19. The van der Waals surface area contributed by atoms with Gasteiger partial charge in [0, 0.05) is 5.69 Å². The summed E-state index contributed by atoms with van der Waals surface area (Å²) in [5, 5.41) is 2.69. The number of hydrogen-bond donors (Lipinski definition) is 2. The smallest absolute Gasteiger partial charge is 0.338 e. The van der Waals surface area contributed by atoms with Crippen LogP contribution in [-0.4, -0.2) is 25.6 Å². The lowest BCUT2D eigenvalue weighted by molar-refractivity contribution is -0.119. The van der Waals surface area contributed by atoms with Gasteiger partial charge in [-0.05, 0) is 55.3 Å². The molecule has 2 aromatic rings. The Hall–Kier alpha value is -3.02. The Morgan fingerprint density at radius 2 is 1.83 bits per heavy atom. The number of nitrogen functional groups attached to an aromatic ring is 1. The Kier molecular flexibility index (Phi) is 5.42. The molecular formula is C18H20N2O4. The van der Waals surface area contributed by atoms with Crippen molar-refractivity contribution in [1.82, 2.24) is 0 Å². The first-order valence-electron chi connectivity index (χ1n) is 7.38. The number of carbonyl (C=O) groups is 2. The van der Waals surface area contributed by atoms with E-state index in [4.69, 9.17) is 15.2 Å². The van der Waals surface area contributed by atoms with E-state index in [1.54, 1.807) is 12.1 Å². The summed E-state index contributed by atoms with van der Waals surface area (Å²) in [7, 11) is 1.49. The summed E-state index contributed by atoms with van der Waals surface area (Å²) >= 11 is 0. The number of esters is 1. The molecule has 0 bridgehead atoms. The van der Waals surface area contributed by atoms with Crippen LogP contribution in [0.3, 0.4) is 0 Å². The zero-order valence-corrected chi connectivity index (χ0v) is 13.9. The summed E-state index contributed by atoms with van der Waals surface area (Å²) in [4.78, 5) is 23.8. The Labute approximate surface area is 140 Å². The van der Waals surface area contributed by atoms with Crippen LogP contribution in [0.2, 0.25) is 0 Å². The third-order valence-corrected chi connectivity index (χ3v) is 3.59. The van der Waals surface area contributed by atoms with E-state index < -0.39 is 11.9 Å². The molecule has 1 amide bonds. The van der Waals surface area contributed by atoms with Gasteiger partial charge in [0.15, 0.2) is 6.61 Å². The maximum absolute atomic E-state index is 12.0. The Morgan fingerprint density at radius 3 is 2.46 bits per heavy atom. The molecule has 0 spiro atoms. The van der Waals surface area contributed by atoms with Crippen molar-refractivity contribution < 1.29 is 19.1 Å². The van der Waals surface area contributed by atoms with E-state index in [-0.39, 0.29) is 12.2 Å². The normalized spacial score (nSPS) is 10.1. The summed E-state index contributed by atoms with van der Waals surface area (Å²) < 4.78 is 10.0. The van der Waals surface area contributed by atoms with Crippen molar-refractivity contribution in [3.63, 3.8) is 0 Å². The fraction of sp³-hybridized carbons (Fsp3) is 0.222. The van der Waals surface area contributed by atoms with Crippen LogP contribution in [0, 0.1) is 13.8 Å². The van der Waals surface area contributed by atoms with Gasteiger partial charge in [0.05, 0.1) is 18.4 Å². The number of ether oxygens (including phenoxy) is 2. The molecule has 2 rings (SSSR count). The number of rotatable bonds is 5. The Morgan fingerprint density at radius 1 is 1.08 bits per heavy atom. The quantitative estimate of drug-likeness (QED) is 0.650. The molecule has 0 fully saturated rings. The SMILES string of the molecule is COc1ccc(C(=O)OCC(=O)Nc2ccc(C)c(C)c2)cc1N. The third-order valence-electron chi connectivity index (χ3n) is 3.59. The summed E-state index contributed by atoms with van der Waals surface area (Å²) in [6.45, 7) is 3.57. The summed E-state index contributed by atoms with van der Waals surface area (Å²) in [6, 6.07) is 10.1. The number of nitrogens with two attached hydrogens (primary N) is 1. The predicted molar refractivity (Wildman–Crippen MR) is 92.2 cm³/mol. The van der Waals surface area contributed by atoms with Crippen molar-refractivity contribution in [2.45, 2.75) is 13.8 Å². The largest absolute Gasteiger partial charge is 0.495 e. The summed E-state index contributed by atoms with van der Waals surface area (Å²) in [5.74, 6) is -0.563. The zero-order chi connectivity index (χ0) is 17.7. The molecule has 0 heterocycles. The van der Waals surface area contributed by atoms with Gasteiger partial charge in [0.1, 0.15) is 5.75 Å². The number of amides is 1. The lowest BCUT2D eigenvalue weighted by Gasteiger charge is -2.09. The van der Waals surface area contributed by atoms with Crippen LogP contribution in [0.15, 0.2) is 36.4 Å². The third kappa shape index (κ3) is 4.25. The van der Waals surface area contributed by atoms with Crippen molar-refractivity contribution >= 4 is 23.3 Å². The van der Waals surface area contributed by atoms with Crippen molar-refractivity contribution in [1.29, 1.82) is 0 Å². The van der Waals surface area contributed by atoms with E-state index in [0.717, 1.165) is 11.1 Å². The summed E-state index contributed by atoms with van der Waals surface area (Å²) in [6.07, 6.45) is 0. The first kappa shape index (κ1) is 17.3. The standard InChI is InChI=1S/C18H20N2O4/c1-11-4-6-14(8-12(11)2)20-17(21)10-24-18(22)13-5-7-16(23-3)15(19)9-13/h4-9H,10,19H2,1-3H3,(H,20,21). The topological polar surface area (TPSA) is 90.6 Å². The molecule has 126 valence electrons. The van der Waals surface area contributed by atoms with Crippen molar-refractivity contribution in [2.75, 3.05) is 24.8 Å². The van der Waals surface area contributed by atoms with Gasteiger partial charge in [-0.1, -0.05) is 6.07 Å². The van der Waals surface area contributed by atoms with Crippen LogP contribution in [0.5, 0.6) is 5.75 Å². The van der Waals surface area contributed by atoms with E-state index in [0.29, 0.717) is 17.1 Å². The maximum Gasteiger partial charge on any atom is 0.338 e. The molecule has 0 aliphatic heterocycles. The van der Waals surface area contributed by atoms with Gasteiger partial charge in [0.2, 0.25) is 0 Å². The van der Waals surface area contributed by atoms with Crippen LogP contribution in [0.25, 0.3) is 0 Å². The average molecular weight is 328 g/mol. The van der Waals surface area contributed by atoms with Crippen LogP contribution in [0.1, 0.15) is 21.5 Å². The highest BCUT2D eigenvalue weighted by atomic mass is 16.5. The maximum atomic E-state index is 12.0. The van der Waals surface area contributed by atoms with E-state index in [1.807, 2.05) is 26.0 Å². The molecule has 0 saturated heterocycles. The highest BCUT2D eigenvalue weighted by molar-refractivity contribution is 5.96. The molecule has 0 aromatic heterocycles. The van der Waals surface area contributed by atoms with Gasteiger partial charge >= 0.3 is 5.97 Å². The zero-order valence-electron chi connectivity index (χ0n) is 13.9. The minimum Gasteiger partial charge on any atom is -0.495 e. The van der Waals surface area contributed by atoms with Gasteiger partial charge in [-0.15, -0.1) is 0 Å². The lowest BCUT2D eigenvalue weighted by atomic mass is 10.1. The monoisotopic (exact) mass is 328 g/mol. The molecule has 2 aromatic carbocycles. The van der Waals surface area contributed by atoms with Gasteiger partial charge in [-0.25, -0.2) is 4.79 Å². The number of methoxy groups -OCH3 is 1.